The Morgan fingerprint density at radius 2 is 2.06 bits per heavy atom. The van der Waals surface area contributed by atoms with E-state index in [1.54, 1.807) is 0 Å². The number of hydrogen-bond donors (Lipinski definition) is 2. The zero-order valence-corrected chi connectivity index (χ0v) is 10.1. The Kier molecular flexibility index (Phi) is 3.71. The van der Waals surface area contributed by atoms with E-state index in [4.69, 9.17) is 10.8 Å². The summed E-state index contributed by atoms with van der Waals surface area (Å²) in [6.07, 6.45) is 0. The van der Waals surface area contributed by atoms with E-state index in [1.807, 2.05) is 0 Å². The summed E-state index contributed by atoms with van der Waals surface area (Å²) >= 11 is 0. The average molecular weight is 260 g/mol. The van der Waals surface area contributed by atoms with Crippen molar-refractivity contribution >= 4 is 21.7 Å². The topological polar surface area (TPSA) is 110 Å². The Hall–Kier alpha value is -1.64. The number of carboxylic acids is 1. The monoisotopic (exact) mass is 260 g/mol. The van der Waals surface area contributed by atoms with Crippen LogP contribution < -0.4 is 5.73 Å². The summed E-state index contributed by atoms with van der Waals surface area (Å²) in [6.45, 7) is 0. The molecule has 1 rings (SSSR count). The van der Waals surface area contributed by atoms with Crippen LogP contribution in [0.1, 0.15) is 10.4 Å². The molecular weight excluding hydrogens is 248 g/mol. The van der Waals surface area contributed by atoms with Crippen molar-refractivity contribution in [3.63, 3.8) is 0 Å². The summed E-state index contributed by atoms with van der Waals surface area (Å²) in [5.41, 5.74) is 5.29. The number of hydroxylamine groups is 1. The Bertz CT molecular complexity index is 540. The smallest absolute Gasteiger partial charge is 0.335 e. The highest BCUT2D eigenvalue weighted by atomic mass is 32.2. The first-order chi connectivity index (χ1) is 7.80. The van der Waals surface area contributed by atoms with Crippen LogP contribution in [0.25, 0.3) is 0 Å². The molecule has 0 spiro atoms. The molecule has 0 heterocycles. The number of nitrogens with two attached hydrogens (primary N) is 1. The summed E-state index contributed by atoms with van der Waals surface area (Å²) in [7, 11) is -1.47. The number of carboxylic acid groups (broad SMARTS) is 1. The Morgan fingerprint density at radius 3 is 2.47 bits per heavy atom. The summed E-state index contributed by atoms with van der Waals surface area (Å²) in [6, 6.07) is 3.37. The van der Waals surface area contributed by atoms with Gasteiger partial charge in [0.05, 0.1) is 18.4 Å². The minimum absolute atomic E-state index is 0.0819. The lowest BCUT2D eigenvalue weighted by Gasteiger charge is -2.15. The fourth-order valence-electron chi connectivity index (χ4n) is 1.15. The minimum atomic E-state index is -3.87. The largest absolute Gasteiger partial charge is 0.478 e. The van der Waals surface area contributed by atoms with Crippen molar-refractivity contribution in [1.29, 1.82) is 0 Å². The Morgan fingerprint density at radius 1 is 1.47 bits per heavy atom. The SMILES string of the molecule is CON(C)S(=O)(=O)c1ccc(C(=O)O)cc1N. The predicted octanol–water partition coefficient (Wildman–Crippen LogP) is 0.149. The van der Waals surface area contributed by atoms with Crippen molar-refractivity contribution in [3.8, 4) is 0 Å². The van der Waals surface area contributed by atoms with Gasteiger partial charge < -0.3 is 10.8 Å². The van der Waals surface area contributed by atoms with Gasteiger partial charge in [0.1, 0.15) is 4.90 Å². The van der Waals surface area contributed by atoms with Crippen LogP contribution in [-0.2, 0) is 14.9 Å². The quantitative estimate of drug-likeness (QED) is 0.589. The van der Waals surface area contributed by atoms with Crippen LogP contribution >= 0.6 is 0 Å². The molecule has 0 radical (unpaired) electrons. The van der Waals surface area contributed by atoms with Crippen molar-refractivity contribution < 1.29 is 23.2 Å². The highest BCUT2D eigenvalue weighted by Gasteiger charge is 2.24. The molecule has 1 aromatic rings. The molecule has 94 valence electrons. The second-order valence-corrected chi connectivity index (χ2v) is 5.06. The molecule has 1 aromatic carbocycles. The van der Waals surface area contributed by atoms with Gasteiger partial charge in [-0.25, -0.2) is 13.2 Å². The summed E-state index contributed by atoms with van der Waals surface area (Å²) < 4.78 is 24.3. The maximum atomic E-state index is 11.8. The molecule has 0 bridgehead atoms. The first kappa shape index (κ1) is 13.4. The molecule has 0 saturated heterocycles. The Labute approximate surface area is 98.4 Å². The highest BCUT2D eigenvalue weighted by Crippen LogP contribution is 2.22. The highest BCUT2D eigenvalue weighted by molar-refractivity contribution is 7.89. The average Bonchev–Trinajstić information content (AvgIpc) is 2.27. The number of hydrogen-bond acceptors (Lipinski definition) is 5. The predicted molar refractivity (Wildman–Crippen MR) is 59.8 cm³/mol. The molecule has 17 heavy (non-hydrogen) atoms. The molecule has 0 fully saturated rings. The number of anilines is 1. The third kappa shape index (κ3) is 2.54. The summed E-state index contributed by atoms with van der Waals surface area (Å²) in [5.74, 6) is -1.18. The number of benzene rings is 1. The third-order valence-corrected chi connectivity index (χ3v) is 3.88. The molecule has 7 nitrogen and oxygen atoms in total. The molecule has 0 aromatic heterocycles. The van der Waals surface area contributed by atoms with Crippen LogP contribution in [0, 0.1) is 0 Å². The van der Waals surface area contributed by atoms with Crippen molar-refractivity contribution in [2.24, 2.45) is 0 Å². The van der Waals surface area contributed by atoms with E-state index in [0.717, 1.165) is 18.2 Å². The third-order valence-electron chi connectivity index (χ3n) is 2.13. The van der Waals surface area contributed by atoms with Crippen molar-refractivity contribution in [2.45, 2.75) is 4.90 Å². The number of carbonyl (C=O) groups is 1. The summed E-state index contributed by atoms with van der Waals surface area (Å²) in [5, 5.41) is 8.72. The van der Waals surface area contributed by atoms with Gasteiger partial charge >= 0.3 is 5.97 Å². The van der Waals surface area contributed by atoms with Gasteiger partial charge in [-0.3, -0.25) is 4.84 Å². The molecule has 0 amide bonds. The maximum Gasteiger partial charge on any atom is 0.335 e. The van der Waals surface area contributed by atoms with Crippen LogP contribution in [0.15, 0.2) is 23.1 Å². The standard InChI is InChI=1S/C9H12N2O5S/c1-11(16-2)17(14,15)8-4-3-6(9(12)13)5-7(8)10/h3-5H,10H2,1-2H3,(H,12,13). The first-order valence-electron chi connectivity index (χ1n) is 4.46. The molecule has 3 N–H and O–H groups in total. The number of sulfonamides is 1. The molecule has 0 saturated carbocycles. The van der Waals surface area contributed by atoms with Gasteiger partial charge in [-0.05, 0) is 18.2 Å². The van der Waals surface area contributed by atoms with Crippen molar-refractivity contribution in [1.82, 2.24) is 4.47 Å². The van der Waals surface area contributed by atoms with E-state index in [1.165, 1.54) is 14.2 Å². The van der Waals surface area contributed by atoms with Crippen LogP contribution in [0.3, 0.4) is 0 Å². The lowest BCUT2D eigenvalue weighted by Crippen LogP contribution is -2.26. The molecule has 0 aliphatic heterocycles. The van der Waals surface area contributed by atoms with Crippen LogP contribution in [-0.4, -0.2) is 38.1 Å². The fourth-order valence-corrected chi connectivity index (χ4v) is 2.22. The van der Waals surface area contributed by atoms with Crippen LogP contribution in [0.2, 0.25) is 0 Å². The van der Waals surface area contributed by atoms with Crippen molar-refractivity contribution in [3.05, 3.63) is 23.8 Å². The lowest BCUT2D eigenvalue weighted by molar-refractivity contribution is -0.0258. The van der Waals surface area contributed by atoms with Gasteiger partial charge in [-0.15, -0.1) is 0 Å². The van der Waals surface area contributed by atoms with E-state index in [9.17, 15) is 13.2 Å². The lowest BCUT2D eigenvalue weighted by atomic mass is 10.2. The second kappa shape index (κ2) is 4.70. The van der Waals surface area contributed by atoms with E-state index in [0.29, 0.717) is 4.47 Å². The molecule has 0 aliphatic rings. The minimum Gasteiger partial charge on any atom is -0.478 e. The van der Waals surface area contributed by atoms with Gasteiger partial charge in [-0.1, -0.05) is 4.47 Å². The molecule has 0 aliphatic carbocycles. The normalized spacial score (nSPS) is 11.7. The zero-order valence-electron chi connectivity index (χ0n) is 9.25. The van der Waals surface area contributed by atoms with Gasteiger partial charge in [0.2, 0.25) is 0 Å². The second-order valence-electron chi connectivity index (χ2n) is 3.16. The zero-order chi connectivity index (χ0) is 13.2. The van der Waals surface area contributed by atoms with Gasteiger partial charge in [0.15, 0.2) is 0 Å². The fraction of sp³-hybridized carbons (Fsp3) is 0.222. The number of rotatable bonds is 4. The van der Waals surface area contributed by atoms with Crippen molar-refractivity contribution in [2.75, 3.05) is 19.9 Å². The summed E-state index contributed by atoms with van der Waals surface area (Å²) in [4.78, 5) is 15.0. The van der Waals surface area contributed by atoms with Gasteiger partial charge in [0, 0.05) is 7.05 Å². The maximum absolute atomic E-state index is 11.8. The van der Waals surface area contributed by atoms with Crippen LogP contribution in [0.5, 0.6) is 0 Å². The van der Waals surface area contributed by atoms with Crippen LogP contribution in [0.4, 0.5) is 5.69 Å². The molecular formula is C9H12N2O5S. The molecule has 0 atom stereocenters. The number of nitrogens with zero attached hydrogens (tertiary/aromatic N) is 1. The number of nitrogen functional groups attached to an aromatic ring is 1. The van der Waals surface area contributed by atoms with E-state index < -0.39 is 16.0 Å². The number of aromatic carboxylic acids is 1. The Balaban J connectivity index is 3.31. The van der Waals surface area contributed by atoms with E-state index >= 15 is 0 Å². The first-order valence-corrected chi connectivity index (χ1v) is 5.90. The molecule has 8 heteroatoms. The van der Waals surface area contributed by atoms with Gasteiger partial charge in [-0.2, -0.15) is 0 Å². The van der Waals surface area contributed by atoms with E-state index in [2.05, 4.69) is 4.84 Å². The molecule has 0 unspecified atom stereocenters. The van der Waals surface area contributed by atoms with E-state index in [-0.39, 0.29) is 16.1 Å². The van der Waals surface area contributed by atoms with Gasteiger partial charge in [0.25, 0.3) is 10.0 Å².